The maximum Gasteiger partial charge on any atom is 0.216 e. The fourth-order valence-corrected chi connectivity index (χ4v) is 3.54. The van der Waals surface area contributed by atoms with Gasteiger partial charge in [0.05, 0.1) is 23.3 Å². The van der Waals surface area contributed by atoms with Crippen LogP contribution in [0.2, 0.25) is 0 Å². The Morgan fingerprint density at radius 1 is 1.00 bits per heavy atom. The molecule has 0 atom stereocenters. The van der Waals surface area contributed by atoms with Crippen LogP contribution in [0.25, 0.3) is 10.9 Å². The molecule has 0 aliphatic carbocycles. The molecule has 28 heavy (non-hydrogen) atoms. The Kier molecular flexibility index (Phi) is 4.88. The molecule has 4 rings (SSSR count). The predicted octanol–water partition coefficient (Wildman–Crippen LogP) is 4.14. The van der Waals surface area contributed by atoms with Crippen LogP contribution >= 0.6 is 15.9 Å². The first kappa shape index (κ1) is 18.3. The molecule has 0 aliphatic rings. The van der Waals surface area contributed by atoms with Gasteiger partial charge in [0.15, 0.2) is 0 Å². The summed E-state index contributed by atoms with van der Waals surface area (Å²) in [7, 11) is 0. The molecular formula is C22H16BrN3O2. The molecule has 0 N–H and O–H groups in total. The van der Waals surface area contributed by atoms with Gasteiger partial charge >= 0.3 is 0 Å². The standard InChI is InChI=1S/C22H16BrN3O2/c1-14-6-4-9-18(24-14)22(28)17-13-26(12-15-7-5-11-20(23)25-15)19-10-3-2-8-16(19)21(17)27/h2-11,13H,12H2,1H3. The van der Waals surface area contributed by atoms with E-state index in [0.29, 0.717) is 11.9 Å². The number of carbonyl (C=O) groups excluding carboxylic acids is 1. The van der Waals surface area contributed by atoms with E-state index in [9.17, 15) is 9.59 Å². The number of rotatable bonds is 4. The first-order valence-electron chi connectivity index (χ1n) is 8.75. The molecular weight excluding hydrogens is 418 g/mol. The van der Waals surface area contributed by atoms with Crippen molar-refractivity contribution in [1.82, 2.24) is 14.5 Å². The third kappa shape index (κ3) is 3.51. The number of pyridine rings is 3. The highest BCUT2D eigenvalue weighted by Gasteiger charge is 2.18. The molecule has 0 unspecified atom stereocenters. The predicted molar refractivity (Wildman–Crippen MR) is 112 cm³/mol. The normalized spacial score (nSPS) is 10.9. The summed E-state index contributed by atoms with van der Waals surface area (Å²) in [5.74, 6) is -0.379. The topological polar surface area (TPSA) is 64.8 Å². The highest BCUT2D eigenvalue weighted by molar-refractivity contribution is 9.10. The van der Waals surface area contributed by atoms with E-state index in [4.69, 9.17) is 0 Å². The van der Waals surface area contributed by atoms with Crippen LogP contribution in [-0.4, -0.2) is 20.3 Å². The Balaban J connectivity index is 1.89. The lowest BCUT2D eigenvalue weighted by Gasteiger charge is -2.13. The minimum atomic E-state index is -0.379. The summed E-state index contributed by atoms with van der Waals surface area (Å²) in [6, 6.07) is 18.1. The van der Waals surface area contributed by atoms with E-state index in [1.54, 1.807) is 30.5 Å². The zero-order valence-electron chi connectivity index (χ0n) is 15.1. The second-order valence-corrected chi connectivity index (χ2v) is 7.27. The number of aryl methyl sites for hydroxylation is 1. The highest BCUT2D eigenvalue weighted by atomic mass is 79.9. The van der Waals surface area contributed by atoms with Crippen molar-refractivity contribution in [1.29, 1.82) is 0 Å². The van der Waals surface area contributed by atoms with Gasteiger partial charge < -0.3 is 4.57 Å². The fraction of sp³-hybridized carbons (Fsp3) is 0.0909. The Bertz CT molecular complexity index is 1260. The molecule has 0 saturated carbocycles. The molecule has 0 bridgehead atoms. The Morgan fingerprint density at radius 3 is 2.57 bits per heavy atom. The Hall–Kier alpha value is -3.12. The molecule has 0 saturated heterocycles. The first-order valence-corrected chi connectivity index (χ1v) is 9.54. The van der Waals surface area contributed by atoms with Crippen LogP contribution < -0.4 is 5.43 Å². The molecule has 0 amide bonds. The number of aromatic nitrogens is 3. The summed E-state index contributed by atoms with van der Waals surface area (Å²) >= 11 is 3.38. The lowest BCUT2D eigenvalue weighted by atomic mass is 10.1. The van der Waals surface area contributed by atoms with Crippen molar-refractivity contribution in [2.45, 2.75) is 13.5 Å². The van der Waals surface area contributed by atoms with Gasteiger partial charge in [0, 0.05) is 17.3 Å². The van der Waals surface area contributed by atoms with Crippen molar-refractivity contribution in [3.8, 4) is 0 Å². The first-order chi connectivity index (χ1) is 13.5. The molecule has 6 heteroatoms. The van der Waals surface area contributed by atoms with E-state index < -0.39 is 0 Å². The number of fused-ring (bicyclic) bond motifs is 1. The van der Waals surface area contributed by atoms with Crippen LogP contribution in [0.1, 0.15) is 27.4 Å². The molecule has 0 radical (unpaired) electrons. The third-order valence-corrected chi connectivity index (χ3v) is 4.90. The Labute approximate surface area is 169 Å². The molecule has 0 spiro atoms. The third-order valence-electron chi connectivity index (χ3n) is 4.46. The molecule has 3 heterocycles. The summed E-state index contributed by atoms with van der Waals surface area (Å²) in [6.07, 6.45) is 1.61. The van der Waals surface area contributed by atoms with Crippen molar-refractivity contribution in [3.63, 3.8) is 0 Å². The van der Waals surface area contributed by atoms with Gasteiger partial charge in [-0.25, -0.2) is 9.97 Å². The highest BCUT2D eigenvalue weighted by Crippen LogP contribution is 2.16. The average molecular weight is 434 g/mol. The van der Waals surface area contributed by atoms with E-state index in [0.717, 1.165) is 21.5 Å². The van der Waals surface area contributed by atoms with E-state index in [1.807, 2.05) is 47.9 Å². The monoisotopic (exact) mass is 433 g/mol. The smallest absolute Gasteiger partial charge is 0.216 e. The van der Waals surface area contributed by atoms with Gasteiger partial charge in [-0.1, -0.05) is 24.3 Å². The summed E-state index contributed by atoms with van der Waals surface area (Å²) in [6.45, 7) is 2.25. The van der Waals surface area contributed by atoms with Crippen LogP contribution in [0.15, 0.2) is 76.3 Å². The second-order valence-electron chi connectivity index (χ2n) is 6.46. The number of benzene rings is 1. The number of nitrogens with zero attached hydrogens (tertiary/aromatic N) is 3. The van der Waals surface area contributed by atoms with Crippen molar-refractivity contribution in [2.24, 2.45) is 0 Å². The van der Waals surface area contributed by atoms with Crippen LogP contribution in [0, 0.1) is 6.92 Å². The zero-order chi connectivity index (χ0) is 19.7. The summed E-state index contributed by atoms with van der Waals surface area (Å²) < 4.78 is 2.62. The summed E-state index contributed by atoms with van der Waals surface area (Å²) in [5, 5.41) is 0.496. The SMILES string of the molecule is Cc1cccc(C(=O)c2cn(Cc3cccc(Br)n3)c3ccccc3c2=O)n1. The molecule has 3 aromatic heterocycles. The van der Waals surface area contributed by atoms with Gasteiger partial charge in [0.2, 0.25) is 11.2 Å². The quantitative estimate of drug-likeness (QED) is 0.358. The number of ketones is 1. The Morgan fingerprint density at radius 2 is 1.79 bits per heavy atom. The zero-order valence-corrected chi connectivity index (χ0v) is 16.7. The molecule has 1 aromatic carbocycles. The van der Waals surface area contributed by atoms with Gasteiger partial charge in [-0.15, -0.1) is 0 Å². The van der Waals surface area contributed by atoms with Gasteiger partial charge in [0.1, 0.15) is 10.3 Å². The average Bonchev–Trinajstić information content (AvgIpc) is 2.70. The largest absolute Gasteiger partial charge is 0.340 e. The van der Waals surface area contributed by atoms with Gasteiger partial charge in [-0.2, -0.15) is 0 Å². The number of hydrogen-bond donors (Lipinski definition) is 0. The fourth-order valence-electron chi connectivity index (χ4n) is 3.16. The lowest BCUT2D eigenvalue weighted by Crippen LogP contribution is -2.21. The molecule has 0 aliphatic heterocycles. The van der Waals surface area contributed by atoms with E-state index >= 15 is 0 Å². The van der Waals surface area contributed by atoms with Crippen molar-refractivity contribution in [3.05, 3.63) is 104 Å². The molecule has 138 valence electrons. The summed E-state index contributed by atoms with van der Waals surface area (Å²) in [5.41, 5.74) is 2.37. The lowest BCUT2D eigenvalue weighted by molar-refractivity contribution is 0.103. The van der Waals surface area contributed by atoms with Crippen LogP contribution in [0.5, 0.6) is 0 Å². The van der Waals surface area contributed by atoms with Crippen molar-refractivity contribution >= 4 is 32.6 Å². The van der Waals surface area contributed by atoms with Crippen LogP contribution in [0.3, 0.4) is 0 Å². The molecule has 5 nitrogen and oxygen atoms in total. The molecule has 4 aromatic rings. The van der Waals surface area contributed by atoms with Gasteiger partial charge in [-0.05, 0) is 59.3 Å². The van der Waals surface area contributed by atoms with E-state index in [-0.39, 0.29) is 22.5 Å². The number of para-hydroxylation sites is 1. The molecule has 0 fully saturated rings. The summed E-state index contributed by atoms with van der Waals surface area (Å²) in [4.78, 5) is 34.8. The van der Waals surface area contributed by atoms with Gasteiger partial charge in [-0.3, -0.25) is 9.59 Å². The van der Waals surface area contributed by atoms with Crippen molar-refractivity contribution in [2.75, 3.05) is 0 Å². The van der Waals surface area contributed by atoms with Gasteiger partial charge in [0.25, 0.3) is 0 Å². The number of hydrogen-bond acceptors (Lipinski definition) is 4. The van der Waals surface area contributed by atoms with Crippen molar-refractivity contribution < 1.29 is 4.79 Å². The maximum atomic E-state index is 13.0. The van der Waals surface area contributed by atoms with Crippen LogP contribution in [-0.2, 0) is 6.54 Å². The number of carbonyl (C=O) groups is 1. The van der Waals surface area contributed by atoms with Crippen LogP contribution in [0.4, 0.5) is 0 Å². The number of halogens is 1. The van der Waals surface area contributed by atoms with E-state index in [1.165, 1.54) is 0 Å². The minimum absolute atomic E-state index is 0.104. The second kappa shape index (κ2) is 7.48. The minimum Gasteiger partial charge on any atom is -0.340 e. The van der Waals surface area contributed by atoms with E-state index in [2.05, 4.69) is 25.9 Å². The maximum absolute atomic E-state index is 13.0.